The monoisotopic (exact) mass is 272 g/mol. The Bertz CT molecular complexity index is 381. The van der Waals surface area contributed by atoms with Crippen molar-refractivity contribution < 1.29 is 9.90 Å². The number of aryl methyl sites for hydroxylation is 1. The summed E-state index contributed by atoms with van der Waals surface area (Å²) in [4.78, 5) is 19.0. The van der Waals surface area contributed by atoms with E-state index in [-0.39, 0.29) is 6.54 Å². The molecule has 1 heterocycles. The summed E-state index contributed by atoms with van der Waals surface area (Å²) in [5, 5.41) is 9.62. The number of carbonyl (C=O) groups is 1. The van der Waals surface area contributed by atoms with E-state index in [2.05, 4.69) is 16.3 Å². The second kappa shape index (κ2) is 7.27. The van der Waals surface area contributed by atoms with Gasteiger partial charge in [-0.2, -0.15) is 4.37 Å². The van der Waals surface area contributed by atoms with E-state index in [9.17, 15) is 4.79 Å². The van der Waals surface area contributed by atoms with Crippen LogP contribution in [0.15, 0.2) is 0 Å². The summed E-state index contributed by atoms with van der Waals surface area (Å²) in [5.74, 6) is -0.0428. The van der Waals surface area contributed by atoms with E-state index in [4.69, 9.17) is 5.11 Å². The maximum Gasteiger partial charge on any atom is 0.323 e. The lowest BCUT2D eigenvalue weighted by Crippen LogP contribution is -2.35. The van der Waals surface area contributed by atoms with E-state index in [0.717, 1.165) is 25.2 Å². The van der Waals surface area contributed by atoms with E-state index >= 15 is 0 Å². The molecule has 0 bridgehead atoms. The Kier molecular flexibility index (Phi) is 6.00. The molecule has 0 saturated heterocycles. The molecule has 1 rings (SSSR count). The molecule has 0 radical (unpaired) electrons. The summed E-state index contributed by atoms with van der Waals surface area (Å²) in [6.45, 7) is 3.46. The fourth-order valence-electron chi connectivity index (χ4n) is 1.42. The summed E-state index contributed by atoms with van der Waals surface area (Å²) in [5.41, 5.74) is 0. The van der Waals surface area contributed by atoms with Gasteiger partial charge in [-0.3, -0.25) is 4.79 Å². The molecule has 0 aromatic carbocycles. The molecule has 1 N–H and O–H groups in total. The molecule has 0 spiro atoms. The predicted octanol–water partition coefficient (Wildman–Crippen LogP) is 0.943. The molecular weight excluding hydrogens is 252 g/mol. The van der Waals surface area contributed by atoms with Crippen LogP contribution in [0.2, 0.25) is 0 Å². The van der Waals surface area contributed by atoms with E-state index in [1.807, 2.05) is 19.0 Å². The average molecular weight is 272 g/mol. The first-order chi connectivity index (χ1) is 8.52. The van der Waals surface area contributed by atoms with Gasteiger partial charge in [-0.25, -0.2) is 4.98 Å². The molecule has 7 heteroatoms. The van der Waals surface area contributed by atoms with Gasteiger partial charge in [-0.1, -0.05) is 6.92 Å². The maximum atomic E-state index is 10.9. The zero-order valence-corrected chi connectivity index (χ0v) is 11.9. The van der Waals surface area contributed by atoms with Gasteiger partial charge in [0.15, 0.2) is 0 Å². The fourth-order valence-corrected chi connectivity index (χ4v) is 2.16. The predicted molar refractivity (Wildman–Crippen MR) is 72.3 cm³/mol. The molecule has 0 saturated carbocycles. The van der Waals surface area contributed by atoms with Crippen LogP contribution >= 0.6 is 11.5 Å². The van der Waals surface area contributed by atoms with Crippen molar-refractivity contribution in [2.45, 2.75) is 19.8 Å². The summed E-state index contributed by atoms with van der Waals surface area (Å²) in [6, 6.07) is 0. The van der Waals surface area contributed by atoms with Crippen molar-refractivity contribution >= 4 is 22.6 Å². The third-order valence-corrected chi connectivity index (χ3v) is 3.16. The van der Waals surface area contributed by atoms with Gasteiger partial charge in [0.1, 0.15) is 12.4 Å². The number of aliphatic carboxylic acids is 1. The molecule has 6 nitrogen and oxygen atoms in total. The molecule has 0 unspecified atom stereocenters. The highest BCUT2D eigenvalue weighted by Gasteiger charge is 2.15. The third kappa shape index (κ3) is 4.97. The van der Waals surface area contributed by atoms with Crippen molar-refractivity contribution in [2.75, 3.05) is 38.6 Å². The van der Waals surface area contributed by atoms with Crippen molar-refractivity contribution in [2.24, 2.45) is 0 Å². The van der Waals surface area contributed by atoms with Crippen molar-refractivity contribution in [3.8, 4) is 0 Å². The Hall–Kier alpha value is -1.21. The van der Waals surface area contributed by atoms with Gasteiger partial charge in [-0.05, 0) is 20.5 Å². The highest BCUT2D eigenvalue weighted by atomic mass is 32.1. The van der Waals surface area contributed by atoms with Crippen LogP contribution in [0.3, 0.4) is 0 Å². The molecule has 0 amide bonds. The number of hydrogen-bond donors (Lipinski definition) is 1. The van der Waals surface area contributed by atoms with Gasteiger partial charge < -0.3 is 14.9 Å². The van der Waals surface area contributed by atoms with Gasteiger partial charge in [0, 0.05) is 31.0 Å². The lowest BCUT2D eigenvalue weighted by atomic mass is 10.3. The zero-order valence-electron chi connectivity index (χ0n) is 11.1. The number of hydrogen-bond acceptors (Lipinski definition) is 6. The molecular formula is C11H20N4O2S. The van der Waals surface area contributed by atoms with Crippen LogP contribution < -0.4 is 4.90 Å². The summed E-state index contributed by atoms with van der Waals surface area (Å²) >= 11 is 1.27. The molecule has 1 aromatic heterocycles. The topological polar surface area (TPSA) is 69.6 Å². The number of anilines is 1. The molecule has 0 atom stereocenters. The third-order valence-electron chi connectivity index (χ3n) is 2.34. The second-order valence-corrected chi connectivity index (χ2v) is 5.09. The summed E-state index contributed by atoms with van der Waals surface area (Å²) in [6.07, 6.45) is 1.83. The minimum Gasteiger partial charge on any atom is -0.480 e. The molecule has 0 fully saturated rings. The Morgan fingerprint density at radius 3 is 2.67 bits per heavy atom. The minimum atomic E-state index is -0.846. The highest BCUT2D eigenvalue weighted by Crippen LogP contribution is 2.17. The molecule has 0 aliphatic heterocycles. The number of carboxylic acids is 1. The maximum absolute atomic E-state index is 10.9. The van der Waals surface area contributed by atoms with Gasteiger partial charge in [0.05, 0.1) is 0 Å². The van der Waals surface area contributed by atoms with Gasteiger partial charge in [-0.15, -0.1) is 0 Å². The van der Waals surface area contributed by atoms with Crippen LogP contribution in [-0.2, 0) is 11.2 Å². The summed E-state index contributed by atoms with van der Waals surface area (Å²) < 4.78 is 4.24. The van der Waals surface area contributed by atoms with E-state index in [0.29, 0.717) is 11.7 Å². The Morgan fingerprint density at radius 1 is 1.39 bits per heavy atom. The van der Waals surface area contributed by atoms with Crippen molar-refractivity contribution in [3.05, 3.63) is 5.82 Å². The SMILES string of the molecule is CCCc1nsc(N(CCN(C)C)CC(=O)O)n1. The van der Waals surface area contributed by atoms with E-state index in [1.165, 1.54) is 11.5 Å². The van der Waals surface area contributed by atoms with Gasteiger partial charge in [0.25, 0.3) is 0 Å². The Labute approximate surface area is 111 Å². The smallest absolute Gasteiger partial charge is 0.323 e. The number of rotatable bonds is 8. The lowest BCUT2D eigenvalue weighted by molar-refractivity contribution is -0.135. The van der Waals surface area contributed by atoms with Crippen LogP contribution in [-0.4, -0.2) is 59.1 Å². The van der Waals surface area contributed by atoms with Crippen LogP contribution in [0, 0.1) is 0 Å². The quantitative estimate of drug-likeness (QED) is 0.759. The fraction of sp³-hybridized carbons (Fsp3) is 0.727. The first-order valence-corrected chi connectivity index (χ1v) is 6.74. The average Bonchev–Trinajstić information content (AvgIpc) is 2.72. The largest absolute Gasteiger partial charge is 0.480 e. The molecule has 0 aliphatic rings. The molecule has 1 aromatic rings. The van der Waals surface area contributed by atoms with Crippen LogP contribution in [0.1, 0.15) is 19.2 Å². The number of carboxylic acid groups (broad SMARTS) is 1. The minimum absolute atomic E-state index is 0.0331. The van der Waals surface area contributed by atoms with Gasteiger partial charge >= 0.3 is 5.97 Å². The molecule has 18 heavy (non-hydrogen) atoms. The van der Waals surface area contributed by atoms with E-state index in [1.54, 1.807) is 4.90 Å². The zero-order chi connectivity index (χ0) is 13.5. The normalized spacial score (nSPS) is 10.9. The first-order valence-electron chi connectivity index (χ1n) is 5.97. The Balaban J connectivity index is 2.70. The van der Waals surface area contributed by atoms with Crippen LogP contribution in [0.25, 0.3) is 0 Å². The Morgan fingerprint density at radius 2 is 2.11 bits per heavy atom. The van der Waals surface area contributed by atoms with Crippen molar-refractivity contribution in [3.63, 3.8) is 0 Å². The van der Waals surface area contributed by atoms with Crippen LogP contribution in [0.4, 0.5) is 5.13 Å². The van der Waals surface area contributed by atoms with Crippen molar-refractivity contribution in [1.29, 1.82) is 0 Å². The van der Waals surface area contributed by atoms with Crippen LogP contribution in [0.5, 0.6) is 0 Å². The number of aromatic nitrogens is 2. The second-order valence-electron chi connectivity index (χ2n) is 4.36. The highest BCUT2D eigenvalue weighted by molar-refractivity contribution is 7.09. The number of nitrogens with zero attached hydrogens (tertiary/aromatic N) is 4. The molecule has 102 valence electrons. The first kappa shape index (κ1) is 14.8. The summed E-state index contributed by atoms with van der Waals surface area (Å²) in [7, 11) is 3.92. The van der Waals surface area contributed by atoms with Crippen molar-refractivity contribution in [1.82, 2.24) is 14.3 Å². The standard InChI is InChI=1S/C11H20N4O2S/c1-4-5-9-12-11(18-13-9)15(8-10(16)17)7-6-14(2)3/h4-8H2,1-3H3,(H,16,17). The molecule has 0 aliphatic carbocycles. The lowest BCUT2D eigenvalue weighted by Gasteiger charge is -2.21. The van der Waals surface area contributed by atoms with E-state index < -0.39 is 5.97 Å². The number of likely N-dealkylation sites (N-methyl/N-ethyl adjacent to an activating group) is 1. The van der Waals surface area contributed by atoms with Gasteiger partial charge in [0.2, 0.25) is 5.13 Å².